The van der Waals surface area contributed by atoms with Crippen LogP contribution in [0.3, 0.4) is 0 Å². The average molecular weight is 363 g/mol. The minimum atomic E-state index is -0.0110. The van der Waals surface area contributed by atoms with Gasteiger partial charge in [0.2, 0.25) is 5.91 Å². The van der Waals surface area contributed by atoms with Crippen molar-refractivity contribution in [1.29, 1.82) is 0 Å². The summed E-state index contributed by atoms with van der Waals surface area (Å²) in [4.78, 5) is 11.9. The number of hydrogen-bond donors (Lipinski definition) is 2. The molecule has 0 spiro atoms. The second kappa shape index (κ2) is 9.91. The van der Waals surface area contributed by atoms with Crippen LogP contribution < -0.4 is 20.1 Å². The Morgan fingerprint density at radius 3 is 2.52 bits per heavy atom. The molecule has 2 N–H and O–H groups in total. The molecule has 0 radical (unpaired) electrons. The molecule has 1 amide bonds. The Morgan fingerprint density at radius 2 is 1.84 bits per heavy atom. The summed E-state index contributed by atoms with van der Waals surface area (Å²) in [5.74, 6) is 1.44. The molecule has 0 atom stereocenters. The molecule has 0 bridgehead atoms. The van der Waals surface area contributed by atoms with E-state index in [0.717, 1.165) is 30.0 Å². The Labute approximate surface area is 153 Å². The van der Waals surface area contributed by atoms with Gasteiger partial charge < -0.3 is 20.1 Å². The molecule has 134 valence electrons. The van der Waals surface area contributed by atoms with Crippen LogP contribution in [0.25, 0.3) is 0 Å². The zero-order valence-corrected chi connectivity index (χ0v) is 15.2. The molecule has 0 aliphatic heterocycles. The monoisotopic (exact) mass is 362 g/mol. The number of ether oxygens (including phenoxy) is 2. The molecule has 0 aromatic heterocycles. The lowest BCUT2D eigenvalue weighted by Gasteiger charge is -2.13. The molecular weight excluding hydrogens is 340 g/mol. The van der Waals surface area contributed by atoms with Crippen LogP contribution >= 0.6 is 11.6 Å². The number of benzene rings is 2. The predicted octanol–water partition coefficient (Wildman–Crippen LogP) is 3.87. The Kier molecular flexibility index (Phi) is 7.57. The van der Waals surface area contributed by atoms with E-state index in [2.05, 4.69) is 10.6 Å². The SMILES string of the molecule is COc1cccc(CNCCCC(=O)Nc2ccc(Cl)cc2)c1OC. The van der Waals surface area contributed by atoms with Crippen molar-refractivity contribution in [3.05, 3.63) is 53.1 Å². The van der Waals surface area contributed by atoms with Crippen molar-refractivity contribution in [3.63, 3.8) is 0 Å². The first-order valence-electron chi connectivity index (χ1n) is 8.10. The van der Waals surface area contributed by atoms with Gasteiger partial charge in [-0.1, -0.05) is 23.7 Å². The quantitative estimate of drug-likeness (QED) is 0.665. The van der Waals surface area contributed by atoms with E-state index in [9.17, 15) is 4.79 Å². The van der Waals surface area contributed by atoms with Gasteiger partial charge in [0.1, 0.15) is 0 Å². The lowest BCUT2D eigenvalue weighted by Crippen LogP contribution is -2.18. The first-order valence-corrected chi connectivity index (χ1v) is 8.48. The highest BCUT2D eigenvalue weighted by Gasteiger charge is 2.09. The summed E-state index contributed by atoms with van der Waals surface area (Å²) in [6, 6.07) is 12.9. The smallest absolute Gasteiger partial charge is 0.224 e. The van der Waals surface area contributed by atoms with Gasteiger partial charge in [0.15, 0.2) is 11.5 Å². The van der Waals surface area contributed by atoms with Crippen LogP contribution in [0.5, 0.6) is 11.5 Å². The van der Waals surface area contributed by atoms with Gasteiger partial charge in [-0.2, -0.15) is 0 Å². The lowest BCUT2D eigenvalue weighted by atomic mass is 10.2. The molecule has 6 heteroatoms. The fourth-order valence-electron chi connectivity index (χ4n) is 2.45. The van der Waals surface area contributed by atoms with Gasteiger partial charge >= 0.3 is 0 Å². The number of carbonyl (C=O) groups excluding carboxylic acids is 1. The van der Waals surface area contributed by atoms with E-state index < -0.39 is 0 Å². The maximum absolute atomic E-state index is 11.9. The fraction of sp³-hybridized carbons (Fsp3) is 0.316. The van der Waals surface area contributed by atoms with Crippen LogP contribution in [-0.4, -0.2) is 26.7 Å². The molecule has 0 heterocycles. The van der Waals surface area contributed by atoms with E-state index in [1.165, 1.54) is 0 Å². The summed E-state index contributed by atoms with van der Waals surface area (Å²) in [6.07, 6.45) is 1.19. The molecule has 0 saturated carbocycles. The maximum atomic E-state index is 11.9. The summed E-state index contributed by atoms with van der Waals surface area (Å²) in [5, 5.41) is 6.82. The number of methoxy groups -OCH3 is 2. The van der Waals surface area contributed by atoms with Crippen molar-refractivity contribution in [2.45, 2.75) is 19.4 Å². The van der Waals surface area contributed by atoms with Crippen molar-refractivity contribution in [3.8, 4) is 11.5 Å². The molecule has 2 rings (SSSR count). The van der Waals surface area contributed by atoms with Crippen molar-refractivity contribution in [1.82, 2.24) is 5.32 Å². The Bertz CT molecular complexity index is 690. The van der Waals surface area contributed by atoms with E-state index in [0.29, 0.717) is 23.7 Å². The summed E-state index contributed by atoms with van der Waals surface area (Å²) >= 11 is 5.82. The number of anilines is 1. The highest BCUT2D eigenvalue weighted by molar-refractivity contribution is 6.30. The Morgan fingerprint density at radius 1 is 1.08 bits per heavy atom. The van der Waals surface area contributed by atoms with Crippen molar-refractivity contribution in [2.24, 2.45) is 0 Å². The molecular formula is C19H23ClN2O3. The van der Waals surface area contributed by atoms with Gasteiger partial charge in [-0.3, -0.25) is 4.79 Å². The van der Waals surface area contributed by atoms with E-state index in [4.69, 9.17) is 21.1 Å². The Balaban J connectivity index is 1.71. The van der Waals surface area contributed by atoms with Gasteiger partial charge in [-0.05, 0) is 43.3 Å². The molecule has 0 saturated heterocycles. The number of hydrogen-bond acceptors (Lipinski definition) is 4. The second-order valence-corrected chi connectivity index (χ2v) is 5.92. The zero-order chi connectivity index (χ0) is 18.1. The van der Waals surface area contributed by atoms with Crippen molar-refractivity contribution < 1.29 is 14.3 Å². The molecule has 0 unspecified atom stereocenters. The summed E-state index contributed by atoms with van der Waals surface area (Å²) in [7, 11) is 3.25. The van der Waals surface area contributed by atoms with Gasteiger partial charge in [0, 0.05) is 29.2 Å². The Hall–Kier alpha value is -2.24. The van der Waals surface area contributed by atoms with Crippen LogP contribution in [0.2, 0.25) is 5.02 Å². The first-order chi connectivity index (χ1) is 12.1. The van der Waals surface area contributed by atoms with E-state index in [1.807, 2.05) is 18.2 Å². The maximum Gasteiger partial charge on any atom is 0.224 e. The van der Waals surface area contributed by atoms with Gasteiger partial charge in [0.05, 0.1) is 14.2 Å². The highest BCUT2D eigenvalue weighted by atomic mass is 35.5. The van der Waals surface area contributed by atoms with E-state index in [-0.39, 0.29) is 5.91 Å². The van der Waals surface area contributed by atoms with Crippen molar-refractivity contribution >= 4 is 23.2 Å². The molecule has 5 nitrogen and oxygen atoms in total. The second-order valence-electron chi connectivity index (χ2n) is 5.49. The molecule has 25 heavy (non-hydrogen) atoms. The average Bonchev–Trinajstić information content (AvgIpc) is 2.63. The van der Waals surface area contributed by atoms with Crippen LogP contribution in [0, 0.1) is 0 Å². The van der Waals surface area contributed by atoms with Gasteiger partial charge in [0.25, 0.3) is 0 Å². The number of nitrogens with one attached hydrogen (secondary N) is 2. The number of carbonyl (C=O) groups is 1. The topological polar surface area (TPSA) is 59.6 Å². The largest absolute Gasteiger partial charge is 0.493 e. The minimum absolute atomic E-state index is 0.0110. The summed E-state index contributed by atoms with van der Waals surface area (Å²) < 4.78 is 10.7. The number of rotatable bonds is 9. The summed E-state index contributed by atoms with van der Waals surface area (Å²) in [6.45, 7) is 1.38. The van der Waals surface area contributed by atoms with E-state index in [1.54, 1.807) is 38.5 Å². The fourth-order valence-corrected chi connectivity index (χ4v) is 2.57. The van der Waals surface area contributed by atoms with Gasteiger partial charge in [-0.25, -0.2) is 0 Å². The molecule has 2 aromatic carbocycles. The third-order valence-electron chi connectivity index (χ3n) is 3.69. The van der Waals surface area contributed by atoms with Crippen LogP contribution in [0.4, 0.5) is 5.69 Å². The highest BCUT2D eigenvalue weighted by Crippen LogP contribution is 2.30. The number of halogens is 1. The van der Waals surface area contributed by atoms with Crippen molar-refractivity contribution in [2.75, 3.05) is 26.1 Å². The molecule has 0 aliphatic carbocycles. The lowest BCUT2D eigenvalue weighted by molar-refractivity contribution is -0.116. The molecule has 0 fully saturated rings. The normalized spacial score (nSPS) is 10.4. The predicted molar refractivity (Wildman–Crippen MR) is 101 cm³/mol. The van der Waals surface area contributed by atoms with Crippen LogP contribution in [-0.2, 0) is 11.3 Å². The van der Waals surface area contributed by atoms with E-state index >= 15 is 0 Å². The standard InChI is InChI=1S/C19H23ClN2O3/c1-24-17-6-3-5-14(19(17)25-2)13-21-12-4-7-18(23)22-16-10-8-15(20)9-11-16/h3,5-6,8-11,21H,4,7,12-13H2,1-2H3,(H,22,23). The molecule has 2 aromatic rings. The summed E-state index contributed by atoms with van der Waals surface area (Å²) in [5.41, 5.74) is 1.77. The third kappa shape index (κ3) is 5.96. The van der Waals surface area contributed by atoms with Crippen LogP contribution in [0.15, 0.2) is 42.5 Å². The minimum Gasteiger partial charge on any atom is -0.493 e. The van der Waals surface area contributed by atoms with Gasteiger partial charge in [-0.15, -0.1) is 0 Å². The number of para-hydroxylation sites is 1. The van der Waals surface area contributed by atoms with Crippen LogP contribution in [0.1, 0.15) is 18.4 Å². The third-order valence-corrected chi connectivity index (χ3v) is 3.94. The first kappa shape index (κ1) is 19.1. The molecule has 0 aliphatic rings. The zero-order valence-electron chi connectivity index (χ0n) is 14.5. The number of amides is 1.